The Morgan fingerprint density at radius 3 is 2.87 bits per heavy atom. The number of hydrogen-bond acceptors (Lipinski definition) is 3. The molecule has 4 heteroatoms. The maximum Gasteiger partial charge on any atom is 0.119 e. The normalized spacial score (nSPS) is 20.8. The SMILES string of the molecule is C=CC1CCC(Cc2ccnc3ccccc23)C1CCNCc1cc(OC)ccc1Br. The molecule has 3 nitrogen and oxygen atoms in total. The summed E-state index contributed by atoms with van der Waals surface area (Å²) in [5.41, 5.74) is 3.75. The molecule has 1 aromatic heterocycles. The lowest BCUT2D eigenvalue weighted by Crippen LogP contribution is -2.23. The van der Waals surface area contributed by atoms with Gasteiger partial charge in [0.05, 0.1) is 12.6 Å². The van der Waals surface area contributed by atoms with Gasteiger partial charge in [0.15, 0.2) is 0 Å². The number of halogens is 1. The fraction of sp³-hybridized carbons (Fsp3) is 0.370. The molecule has 1 fully saturated rings. The minimum absolute atomic E-state index is 0.614. The fourth-order valence-corrected chi connectivity index (χ4v) is 5.49. The Hall–Kier alpha value is -2.17. The van der Waals surface area contributed by atoms with Crippen LogP contribution in [-0.2, 0) is 13.0 Å². The molecule has 1 aliphatic rings. The van der Waals surface area contributed by atoms with Crippen LogP contribution in [0.1, 0.15) is 30.4 Å². The molecule has 3 atom stereocenters. The van der Waals surface area contributed by atoms with Crippen molar-refractivity contribution in [3.63, 3.8) is 0 Å². The van der Waals surface area contributed by atoms with Crippen molar-refractivity contribution < 1.29 is 4.74 Å². The predicted octanol–water partition coefficient (Wildman–Crippen LogP) is 6.56. The number of aromatic nitrogens is 1. The van der Waals surface area contributed by atoms with E-state index in [9.17, 15) is 0 Å². The van der Waals surface area contributed by atoms with E-state index in [1.165, 1.54) is 35.8 Å². The van der Waals surface area contributed by atoms with Gasteiger partial charge in [0, 0.05) is 22.6 Å². The fourth-order valence-electron chi connectivity index (χ4n) is 5.10. The van der Waals surface area contributed by atoms with E-state index in [4.69, 9.17) is 4.74 Å². The van der Waals surface area contributed by atoms with Crippen LogP contribution in [-0.4, -0.2) is 18.6 Å². The highest BCUT2D eigenvalue weighted by atomic mass is 79.9. The van der Waals surface area contributed by atoms with Crippen LogP contribution < -0.4 is 10.1 Å². The van der Waals surface area contributed by atoms with Crippen LogP contribution in [0.4, 0.5) is 0 Å². The van der Waals surface area contributed by atoms with Crippen LogP contribution in [0.3, 0.4) is 0 Å². The summed E-state index contributed by atoms with van der Waals surface area (Å²) in [4.78, 5) is 4.54. The lowest BCUT2D eigenvalue weighted by atomic mass is 9.82. The predicted molar refractivity (Wildman–Crippen MR) is 132 cm³/mol. The van der Waals surface area contributed by atoms with E-state index in [-0.39, 0.29) is 0 Å². The van der Waals surface area contributed by atoms with Crippen molar-refractivity contribution in [3.8, 4) is 5.75 Å². The third-order valence-corrected chi connectivity index (χ3v) is 7.55. The Labute approximate surface area is 194 Å². The number of pyridine rings is 1. The number of ether oxygens (including phenoxy) is 1. The molecule has 1 saturated carbocycles. The van der Waals surface area contributed by atoms with E-state index >= 15 is 0 Å². The average Bonchev–Trinajstić information content (AvgIpc) is 3.19. The zero-order valence-corrected chi connectivity index (χ0v) is 19.8. The van der Waals surface area contributed by atoms with Gasteiger partial charge in [-0.2, -0.15) is 0 Å². The molecule has 3 aromatic rings. The van der Waals surface area contributed by atoms with Gasteiger partial charge in [0.1, 0.15) is 5.75 Å². The molecule has 0 spiro atoms. The summed E-state index contributed by atoms with van der Waals surface area (Å²) >= 11 is 3.65. The van der Waals surface area contributed by atoms with Gasteiger partial charge >= 0.3 is 0 Å². The molecule has 0 aliphatic heterocycles. The molecule has 1 aliphatic carbocycles. The number of methoxy groups -OCH3 is 1. The third kappa shape index (κ3) is 5.19. The van der Waals surface area contributed by atoms with Crippen molar-refractivity contribution in [3.05, 3.63) is 83.0 Å². The second kappa shape index (κ2) is 10.4. The number of nitrogens with one attached hydrogen (secondary N) is 1. The molecule has 2 aromatic carbocycles. The number of fused-ring (bicyclic) bond motifs is 1. The maximum absolute atomic E-state index is 5.36. The molecule has 0 saturated heterocycles. The molecule has 162 valence electrons. The molecular weight excluding hydrogens is 448 g/mol. The second-order valence-electron chi connectivity index (χ2n) is 8.51. The van der Waals surface area contributed by atoms with Gasteiger partial charge in [-0.25, -0.2) is 0 Å². The molecule has 3 unspecified atom stereocenters. The molecule has 1 N–H and O–H groups in total. The third-order valence-electron chi connectivity index (χ3n) is 6.77. The Morgan fingerprint density at radius 1 is 1.16 bits per heavy atom. The quantitative estimate of drug-likeness (QED) is 0.279. The number of rotatable bonds is 9. The van der Waals surface area contributed by atoms with Crippen LogP contribution in [0.5, 0.6) is 5.75 Å². The number of nitrogens with zero attached hydrogens (tertiary/aromatic N) is 1. The highest BCUT2D eigenvalue weighted by Gasteiger charge is 2.34. The van der Waals surface area contributed by atoms with Gasteiger partial charge in [0.25, 0.3) is 0 Å². The second-order valence-corrected chi connectivity index (χ2v) is 9.37. The first-order valence-corrected chi connectivity index (χ1v) is 12.0. The summed E-state index contributed by atoms with van der Waals surface area (Å²) in [6, 6.07) is 16.8. The van der Waals surface area contributed by atoms with Gasteiger partial charge in [-0.05, 0) is 91.4 Å². The van der Waals surface area contributed by atoms with Crippen LogP contribution in [0.2, 0.25) is 0 Å². The summed E-state index contributed by atoms with van der Waals surface area (Å²) in [7, 11) is 1.71. The number of hydrogen-bond donors (Lipinski definition) is 1. The van der Waals surface area contributed by atoms with Crippen molar-refractivity contribution in [2.75, 3.05) is 13.7 Å². The van der Waals surface area contributed by atoms with Crippen LogP contribution >= 0.6 is 15.9 Å². The van der Waals surface area contributed by atoms with Crippen LogP contribution in [0, 0.1) is 17.8 Å². The Morgan fingerprint density at radius 2 is 2.03 bits per heavy atom. The molecule has 31 heavy (non-hydrogen) atoms. The highest BCUT2D eigenvalue weighted by molar-refractivity contribution is 9.10. The average molecular weight is 479 g/mol. The molecule has 4 rings (SSSR count). The van der Waals surface area contributed by atoms with E-state index in [2.05, 4.69) is 81.4 Å². The monoisotopic (exact) mass is 478 g/mol. The zero-order chi connectivity index (χ0) is 21.6. The van der Waals surface area contributed by atoms with Gasteiger partial charge in [0.2, 0.25) is 0 Å². The van der Waals surface area contributed by atoms with Crippen molar-refractivity contribution in [2.45, 2.75) is 32.2 Å². The Balaban J connectivity index is 1.39. The van der Waals surface area contributed by atoms with Crippen molar-refractivity contribution in [1.29, 1.82) is 0 Å². The van der Waals surface area contributed by atoms with Crippen LogP contribution in [0.15, 0.2) is 71.9 Å². The van der Waals surface area contributed by atoms with Gasteiger partial charge in [-0.15, -0.1) is 6.58 Å². The van der Waals surface area contributed by atoms with Crippen molar-refractivity contribution >= 4 is 26.8 Å². The zero-order valence-electron chi connectivity index (χ0n) is 18.2. The van der Waals surface area contributed by atoms with E-state index in [1.807, 2.05) is 12.3 Å². The van der Waals surface area contributed by atoms with Crippen LogP contribution in [0.25, 0.3) is 10.9 Å². The van der Waals surface area contributed by atoms with Crippen molar-refractivity contribution in [2.24, 2.45) is 17.8 Å². The Kier molecular flexibility index (Phi) is 7.41. The lowest BCUT2D eigenvalue weighted by molar-refractivity contribution is 0.318. The maximum atomic E-state index is 5.36. The Bertz CT molecular complexity index is 1030. The molecule has 0 radical (unpaired) electrons. The standard InChI is InChI=1S/C27H31BrN2O/c1-3-19-8-9-20(16-21-12-15-30-27-7-5-4-6-25(21)27)24(19)13-14-29-18-22-17-23(31-2)10-11-26(22)28/h3-7,10-12,15,17,19-20,24,29H,1,8-9,13-14,16,18H2,2H3. The molecule has 1 heterocycles. The summed E-state index contributed by atoms with van der Waals surface area (Å²) in [6.07, 6.45) is 8.97. The minimum atomic E-state index is 0.614. The number of allylic oxidation sites excluding steroid dienone is 1. The largest absolute Gasteiger partial charge is 0.497 e. The van der Waals surface area contributed by atoms with E-state index in [0.717, 1.165) is 35.2 Å². The van der Waals surface area contributed by atoms with Gasteiger partial charge in [-0.3, -0.25) is 4.98 Å². The summed E-state index contributed by atoms with van der Waals surface area (Å²) < 4.78 is 6.48. The van der Waals surface area contributed by atoms with Gasteiger partial charge in [-0.1, -0.05) is 40.2 Å². The topological polar surface area (TPSA) is 34.2 Å². The summed E-state index contributed by atoms with van der Waals surface area (Å²) in [6.45, 7) is 5.98. The molecular formula is C27H31BrN2O. The summed E-state index contributed by atoms with van der Waals surface area (Å²) in [5, 5.41) is 4.95. The number of para-hydroxylation sites is 1. The smallest absolute Gasteiger partial charge is 0.119 e. The van der Waals surface area contributed by atoms with Crippen molar-refractivity contribution in [1.82, 2.24) is 10.3 Å². The highest BCUT2D eigenvalue weighted by Crippen LogP contribution is 2.42. The molecule has 0 bridgehead atoms. The number of benzene rings is 2. The van der Waals surface area contributed by atoms with E-state index in [0.29, 0.717) is 17.8 Å². The lowest BCUT2D eigenvalue weighted by Gasteiger charge is -2.24. The van der Waals surface area contributed by atoms with Gasteiger partial charge < -0.3 is 10.1 Å². The first-order valence-electron chi connectivity index (χ1n) is 11.2. The van der Waals surface area contributed by atoms with E-state index in [1.54, 1.807) is 7.11 Å². The first kappa shape index (κ1) is 22.0. The molecule has 0 amide bonds. The summed E-state index contributed by atoms with van der Waals surface area (Å²) in [5.74, 6) is 2.88. The van der Waals surface area contributed by atoms with E-state index < -0.39 is 0 Å². The first-order chi connectivity index (χ1) is 15.2. The minimum Gasteiger partial charge on any atom is -0.497 e.